The second-order valence-corrected chi connectivity index (χ2v) is 8.08. The van der Waals surface area contributed by atoms with E-state index in [1.165, 1.54) is 0 Å². The van der Waals surface area contributed by atoms with Crippen molar-refractivity contribution in [2.24, 2.45) is 0 Å². The van der Waals surface area contributed by atoms with Crippen molar-refractivity contribution in [1.82, 2.24) is 0 Å². The summed E-state index contributed by atoms with van der Waals surface area (Å²) in [5, 5.41) is 2.71. The van der Waals surface area contributed by atoms with Crippen LogP contribution in [0.15, 0.2) is 77.7 Å². The molecule has 0 fully saturated rings. The first-order valence-electron chi connectivity index (χ1n) is 8.73. The molecular weight excluding hydrogens is 376 g/mol. The molecular formula is C21H18N2O4S. The van der Waals surface area contributed by atoms with E-state index in [4.69, 9.17) is 4.74 Å². The Labute approximate surface area is 163 Å². The predicted molar refractivity (Wildman–Crippen MR) is 108 cm³/mol. The third-order valence-corrected chi connectivity index (χ3v) is 5.86. The van der Waals surface area contributed by atoms with Gasteiger partial charge < -0.3 is 10.1 Å². The largest absolute Gasteiger partial charge is 0.479 e. The number of hydrogen-bond donors (Lipinski definition) is 2. The molecule has 142 valence electrons. The Morgan fingerprint density at radius 1 is 0.964 bits per heavy atom. The number of carbonyl (C=O) groups excluding carboxylic acids is 1. The quantitative estimate of drug-likeness (QED) is 0.703. The topological polar surface area (TPSA) is 84.5 Å². The average Bonchev–Trinajstić information content (AvgIpc) is 2.69. The number of nitrogens with one attached hydrogen (secondary N) is 2. The van der Waals surface area contributed by atoms with Crippen LogP contribution in [0.3, 0.4) is 0 Å². The number of ether oxygens (including phenoxy) is 1. The fraction of sp³-hybridized carbons (Fsp3) is 0.0952. The molecule has 0 radical (unpaired) electrons. The van der Waals surface area contributed by atoms with E-state index >= 15 is 0 Å². The number of anilines is 2. The van der Waals surface area contributed by atoms with Gasteiger partial charge in [-0.3, -0.25) is 9.52 Å². The summed E-state index contributed by atoms with van der Waals surface area (Å²) in [6.45, 7) is 1.65. The summed E-state index contributed by atoms with van der Waals surface area (Å²) in [4.78, 5) is 12.0. The van der Waals surface area contributed by atoms with Gasteiger partial charge in [0.15, 0.2) is 6.10 Å². The van der Waals surface area contributed by atoms with Gasteiger partial charge in [0.2, 0.25) is 0 Å². The Bertz CT molecular complexity index is 1140. The van der Waals surface area contributed by atoms with E-state index < -0.39 is 16.1 Å². The molecule has 3 aromatic rings. The molecule has 1 unspecified atom stereocenters. The van der Waals surface area contributed by atoms with Crippen molar-refractivity contribution in [3.63, 3.8) is 0 Å². The molecule has 0 aliphatic carbocycles. The van der Waals surface area contributed by atoms with Gasteiger partial charge in [-0.25, -0.2) is 8.42 Å². The van der Waals surface area contributed by atoms with Gasteiger partial charge in [0, 0.05) is 5.56 Å². The predicted octanol–water partition coefficient (Wildman–Crippen LogP) is 3.87. The van der Waals surface area contributed by atoms with Crippen LogP contribution >= 0.6 is 0 Å². The minimum Gasteiger partial charge on any atom is -0.479 e. The van der Waals surface area contributed by atoms with Crippen molar-refractivity contribution in [3.8, 4) is 16.9 Å². The zero-order valence-electron chi connectivity index (χ0n) is 15.0. The molecule has 2 N–H and O–H groups in total. The summed E-state index contributed by atoms with van der Waals surface area (Å²) in [6, 6.07) is 20.9. The second-order valence-electron chi connectivity index (χ2n) is 6.43. The van der Waals surface area contributed by atoms with Gasteiger partial charge in [-0.15, -0.1) is 0 Å². The fourth-order valence-corrected chi connectivity index (χ4v) is 4.32. The molecule has 0 spiro atoms. The van der Waals surface area contributed by atoms with E-state index in [0.717, 1.165) is 5.56 Å². The van der Waals surface area contributed by atoms with Gasteiger partial charge in [0.1, 0.15) is 5.75 Å². The third kappa shape index (κ3) is 3.44. The van der Waals surface area contributed by atoms with Crippen molar-refractivity contribution >= 4 is 27.3 Å². The van der Waals surface area contributed by atoms with Crippen LogP contribution in [0.4, 0.5) is 11.4 Å². The number of amides is 1. The molecule has 7 heteroatoms. The molecule has 1 atom stereocenters. The van der Waals surface area contributed by atoms with Gasteiger partial charge in [-0.1, -0.05) is 48.5 Å². The minimum absolute atomic E-state index is 0.174. The minimum atomic E-state index is -3.85. The molecule has 0 saturated heterocycles. The van der Waals surface area contributed by atoms with E-state index in [1.807, 2.05) is 30.3 Å². The molecule has 1 aliphatic heterocycles. The van der Waals surface area contributed by atoms with Crippen molar-refractivity contribution in [2.75, 3.05) is 10.0 Å². The number of benzene rings is 3. The highest BCUT2D eigenvalue weighted by molar-refractivity contribution is 7.92. The van der Waals surface area contributed by atoms with Crippen molar-refractivity contribution in [1.29, 1.82) is 0 Å². The molecule has 0 bridgehead atoms. The van der Waals surface area contributed by atoms with E-state index in [1.54, 1.807) is 49.4 Å². The van der Waals surface area contributed by atoms with Gasteiger partial charge in [0.25, 0.3) is 15.9 Å². The van der Waals surface area contributed by atoms with Gasteiger partial charge in [0.05, 0.1) is 16.3 Å². The smallest absolute Gasteiger partial charge is 0.265 e. The Morgan fingerprint density at radius 3 is 2.46 bits per heavy atom. The zero-order valence-corrected chi connectivity index (χ0v) is 15.9. The van der Waals surface area contributed by atoms with Gasteiger partial charge in [-0.05, 0) is 36.8 Å². The van der Waals surface area contributed by atoms with Crippen molar-refractivity contribution in [3.05, 3.63) is 72.8 Å². The number of fused-ring (bicyclic) bond motifs is 1. The summed E-state index contributed by atoms with van der Waals surface area (Å²) in [5.41, 5.74) is 2.18. The first-order valence-corrected chi connectivity index (χ1v) is 10.2. The summed E-state index contributed by atoms with van der Waals surface area (Å²) >= 11 is 0. The highest BCUT2D eigenvalue weighted by Crippen LogP contribution is 2.34. The first kappa shape index (κ1) is 18.1. The summed E-state index contributed by atoms with van der Waals surface area (Å²) < 4.78 is 34.2. The molecule has 6 nitrogen and oxygen atoms in total. The van der Waals surface area contributed by atoms with Gasteiger partial charge in [-0.2, -0.15) is 0 Å². The Kier molecular flexibility index (Phi) is 4.52. The van der Waals surface area contributed by atoms with Crippen LogP contribution in [0.5, 0.6) is 5.75 Å². The number of rotatable bonds is 4. The molecule has 0 saturated carbocycles. The number of carbonyl (C=O) groups is 1. The normalized spacial score (nSPS) is 15.9. The Morgan fingerprint density at radius 2 is 1.68 bits per heavy atom. The standard InChI is InChI=1S/C21H18N2O4S/c1-14-21(24)22-18-13-16(11-12-19(18)27-14)23-28(25,26)20-10-6-5-9-17(20)15-7-3-2-4-8-15/h2-14,23H,1H3,(H,22,24). The van der Waals surface area contributed by atoms with Crippen LogP contribution in [0.1, 0.15) is 6.92 Å². The van der Waals surface area contributed by atoms with E-state index in [9.17, 15) is 13.2 Å². The molecule has 3 aromatic carbocycles. The molecule has 1 aliphatic rings. The third-order valence-electron chi connectivity index (χ3n) is 4.42. The first-order chi connectivity index (χ1) is 13.4. The molecule has 4 rings (SSSR count). The molecule has 1 amide bonds. The van der Waals surface area contributed by atoms with E-state index in [2.05, 4.69) is 10.0 Å². The lowest BCUT2D eigenvalue weighted by atomic mass is 10.1. The van der Waals surface area contributed by atoms with E-state index in [-0.39, 0.29) is 10.8 Å². The van der Waals surface area contributed by atoms with Crippen LogP contribution in [-0.2, 0) is 14.8 Å². The Hall–Kier alpha value is -3.32. The monoisotopic (exact) mass is 394 g/mol. The van der Waals surface area contributed by atoms with Crippen LogP contribution in [-0.4, -0.2) is 20.4 Å². The maximum Gasteiger partial charge on any atom is 0.265 e. The van der Waals surface area contributed by atoms with Crippen molar-refractivity contribution in [2.45, 2.75) is 17.9 Å². The lowest BCUT2D eigenvalue weighted by molar-refractivity contribution is -0.122. The van der Waals surface area contributed by atoms with Crippen LogP contribution in [0, 0.1) is 0 Å². The zero-order chi connectivity index (χ0) is 19.7. The van der Waals surface area contributed by atoms with Gasteiger partial charge >= 0.3 is 0 Å². The molecule has 28 heavy (non-hydrogen) atoms. The maximum absolute atomic E-state index is 13.1. The molecule has 0 aromatic heterocycles. The van der Waals surface area contributed by atoms with Crippen LogP contribution < -0.4 is 14.8 Å². The highest BCUT2D eigenvalue weighted by Gasteiger charge is 2.25. The summed E-state index contributed by atoms with van der Waals surface area (Å²) in [5.74, 6) is 0.224. The summed E-state index contributed by atoms with van der Waals surface area (Å²) in [6.07, 6.45) is -0.590. The number of hydrogen-bond acceptors (Lipinski definition) is 4. The lowest BCUT2D eigenvalue weighted by Crippen LogP contribution is -2.34. The lowest BCUT2D eigenvalue weighted by Gasteiger charge is -2.23. The number of sulfonamides is 1. The van der Waals surface area contributed by atoms with Crippen LogP contribution in [0.2, 0.25) is 0 Å². The average molecular weight is 394 g/mol. The fourth-order valence-electron chi connectivity index (χ4n) is 3.04. The summed E-state index contributed by atoms with van der Waals surface area (Å²) in [7, 11) is -3.85. The van der Waals surface area contributed by atoms with Crippen LogP contribution in [0.25, 0.3) is 11.1 Å². The highest BCUT2D eigenvalue weighted by atomic mass is 32.2. The SMILES string of the molecule is CC1Oc2ccc(NS(=O)(=O)c3ccccc3-c3ccccc3)cc2NC1=O. The maximum atomic E-state index is 13.1. The van der Waals surface area contributed by atoms with E-state index in [0.29, 0.717) is 22.7 Å². The molecule has 1 heterocycles. The second kappa shape index (κ2) is 7.01. The Balaban J connectivity index is 1.68. The van der Waals surface area contributed by atoms with Crippen molar-refractivity contribution < 1.29 is 17.9 Å².